The molecule has 9 heteroatoms. The highest BCUT2D eigenvalue weighted by molar-refractivity contribution is 8.26. The molecule has 1 amide bonds. The van der Waals surface area contributed by atoms with Crippen LogP contribution in [0.25, 0.3) is 23.0 Å². The zero-order chi connectivity index (χ0) is 33.0. The van der Waals surface area contributed by atoms with Crippen LogP contribution in [-0.4, -0.2) is 42.5 Å². The molecule has 1 aliphatic rings. The summed E-state index contributed by atoms with van der Waals surface area (Å²) in [7, 11) is 0. The van der Waals surface area contributed by atoms with E-state index in [2.05, 4.69) is 31.2 Å². The van der Waals surface area contributed by atoms with Crippen molar-refractivity contribution >= 4 is 46.3 Å². The minimum absolute atomic E-state index is 0.0629. The van der Waals surface area contributed by atoms with Crippen LogP contribution in [0, 0.1) is 6.92 Å². The summed E-state index contributed by atoms with van der Waals surface area (Å²) in [6.45, 7) is 3.14. The summed E-state index contributed by atoms with van der Waals surface area (Å²) >= 11 is 6.98. The lowest BCUT2D eigenvalue weighted by Crippen LogP contribution is -2.29. The number of carboxylic acids is 1. The third kappa shape index (κ3) is 9.89. The molecule has 7 nitrogen and oxygen atoms in total. The first-order chi connectivity index (χ1) is 22.9. The van der Waals surface area contributed by atoms with Crippen molar-refractivity contribution in [1.29, 1.82) is 0 Å². The minimum Gasteiger partial charge on any atom is -0.489 e. The number of para-hydroxylation sites is 1. The van der Waals surface area contributed by atoms with Gasteiger partial charge in [0.1, 0.15) is 22.4 Å². The van der Waals surface area contributed by atoms with E-state index in [1.165, 1.54) is 17.3 Å². The molecule has 1 fully saturated rings. The second kappa shape index (κ2) is 17.1. The zero-order valence-electron chi connectivity index (χ0n) is 26.8. The third-order valence-corrected chi connectivity index (χ3v) is 9.46. The van der Waals surface area contributed by atoms with Crippen molar-refractivity contribution in [3.05, 3.63) is 107 Å². The van der Waals surface area contributed by atoms with E-state index >= 15 is 0 Å². The van der Waals surface area contributed by atoms with Gasteiger partial charge in [-0.05, 0) is 55.7 Å². The predicted molar refractivity (Wildman–Crippen MR) is 194 cm³/mol. The Morgan fingerprint density at radius 3 is 2.34 bits per heavy atom. The Hall–Kier alpha value is -4.21. The summed E-state index contributed by atoms with van der Waals surface area (Å²) in [6.07, 6.45) is 12.2. The number of hydrogen-bond acceptors (Lipinski definition) is 6. The minimum atomic E-state index is -0.719. The number of aromatic nitrogens is 2. The summed E-state index contributed by atoms with van der Waals surface area (Å²) in [5.41, 5.74) is 5.71. The van der Waals surface area contributed by atoms with Gasteiger partial charge in [-0.25, -0.2) is 4.68 Å². The third-order valence-electron chi connectivity index (χ3n) is 8.08. The van der Waals surface area contributed by atoms with Crippen molar-refractivity contribution in [3.63, 3.8) is 0 Å². The quantitative estimate of drug-likeness (QED) is 0.0683. The number of carboxylic acid groups (broad SMARTS) is 1. The van der Waals surface area contributed by atoms with Crippen LogP contribution in [0.3, 0.4) is 0 Å². The van der Waals surface area contributed by atoms with Crippen LogP contribution in [-0.2, 0) is 16.2 Å². The number of ether oxygens (including phenoxy) is 1. The number of aryl methyl sites for hydroxylation is 1. The molecule has 0 radical (unpaired) electrons. The van der Waals surface area contributed by atoms with E-state index in [0.717, 1.165) is 85.2 Å². The molecule has 1 aromatic heterocycles. The topological polar surface area (TPSA) is 84.7 Å². The van der Waals surface area contributed by atoms with Gasteiger partial charge in [-0.3, -0.25) is 14.5 Å². The molecule has 0 aliphatic carbocycles. The Balaban J connectivity index is 1.25. The molecule has 0 atom stereocenters. The molecule has 47 heavy (non-hydrogen) atoms. The Labute approximate surface area is 286 Å². The van der Waals surface area contributed by atoms with Gasteiger partial charge in [-0.2, -0.15) is 5.10 Å². The smallest absolute Gasteiger partial charge is 0.303 e. The van der Waals surface area contributed by atoms with E-state index in [1.807, 2.05) is 71.6 Å². The van der Waals surface area contributed by atoms with Crippen molar-refractivity contribution in [3.8, 4) is 22.7 Å². The van der Waals surface area contributed by atoms with Crippen molar-refractivity contribution in [2.24, 2.45) is 0 Å². The fraction of sp³-hybridized carbons (Fsp3) is 0.316. The van der Waals surface area contributed by atoms with Crippen LogP contribution in [0.1, 0.15) is 74.5 Å². The first-order valence-electron chi connectivity index (χ1n) is 16.3. The van der Waals surface area contributed by atoms with Gasteiger partial charge in [0.2, 0.25) is 0 Å². The van der Waals surface area contributed by atoms with Crippen LogP contribution in [0.4, 0.5) is 0 Å². The number of unbranched alkanes of at least 4 members (excludes halogenated alkanes) is 7. The summed E-state index contributed by atoms with van der Waals surface area (Å²) in [6, 6.07) is 26.1. The van der Waals surface area contributed by atoms with Crippen LogP contribution in [0.5, 0.6) is 5.75 Å². The molecule has 0 saturated carbocycles. The lowest BCUT2D eigenvalue weighted by molar-refractivity contribution is -0.137. The highest BCUT2D eigenvalue weighted by Crippen LogP contribution is 2.36. The van der Waals surface area contributed by atoms with Gasteiger partial charge in [0.05, 0.1) is 10.6 Å². The highest BCUT2D eigenvalue weighted by Gasteiger charge is 2.32. The van der Waals surface area contributed by atoms with E-state index in [1.54, 1.807) is 4.90 Å². The van der Waals surface area contributed by atoms with E-state index < -0.39 is 5.97 Å². The summed E-state index contributed by atoms with van der Waals surface area (Å²) in [5, 5.41) is 13.7. The molecule has 1 aliphatic heterocycles. The van der Waals surface area contributed by atoms with Crippen molar-refractivity contribution in [1.82, 2.24) is 14.7 Å². The molecule has 244 valence electrons. The van der Waals surface area contributed by atoms with Gasteiger partial charge in [-0.15, -0.1) is 0 Å². The molecule has 0 bridgehead atoms. The largest absolute Gasteiger partial charge is 0.489 e. The lowest BCUT2D eigenvalue weighted by Gasteiger charge is -2.14. The molecule has 4 aromatic rings. The van der Waals surface area contributed by atoms with Crippen LogP contribution >= 0.6 is 24.0 Å². The van der Waals surface area contributed by atoms with Gasteiger partial charge >= 0.3 is 5.97 Å². The maximum atomic E-state index is 13.5. The standard InChI is InChI=1S/C38H41N3O4S2/c1-28-19-21-29(22-20-28)27-45-33-17-13-14-30(24-33)36-31(26-41(39-36)32-15-9-8-10-16-32)25-34-37(44)40(38(46)47-34)23-12-7-5-3-2-4-6-11-18-35(42)43/h8-10,13-17,19-22,24-26H,2-7,11-12,18,23,27H2,1H3,(H,42,43). The Bertz CT molecular complexity index is 1700. The van der Waals surface area contributed by atoms with E-state index in [9.17, 15) is 9.59 Å². The van der Waals surface area contributed by atoms with Gasteiger partial charge < -0.3 is 9.84 Å². The van der Waals surface area contributed by atoms with Crippen molar-refractivity contribution in [2.45, 2.75) is 71.3 Å². The number of nitrogens with zero attached hydrogens (tertiary/aromatic N) is 3. The second-order valence-corrected chi connectivity index (χ2v) is 13.5. The zero-order valence-corrected chi connectivity index (χ0v) is 28.4. The molecule has 0 unspecified atom stereocenters. The Morgan fingerprint density at radius 2 is 1.62 bits per heavy atom. The van der Waals surface area contributed by atoms with E-state index in [0.29, 0.717) is 22.4 Å². The summed E-state index contributed by atoms with van der Waals surface area (Å²) < 4.78 is 8.57. The Morgan fingerprint density at radius 1 is 0.915 bits per heavy atom. The first kappa shape index (κ1) is 34.1. The van der Waals surface area contributed by atoms with Crippen molar-refractivity contribution < 1.29 is 19.4 Å². The SMILES string of the molecule is Cc1ccc(COc2cccc(-c3nn(-c4ccccc4)cc3C=C3SC(=S)N(CCCCCCCCCCC(=O)O)C3=O)c2)cc1. The molecule has 1 saturated heterocycles. The molecule has 5 rings (SSSR count). The number of amides is 1. The molecule has 3 aromatic carbocycles. The summed E-state index contributed by atoms with van der Waals surface area (Å²) in [4.78, 5) is 26.5. The molecule has 0 spiro atoms. The van der Waals surface area contributed by atoms with Gasteiger partial charge in [0, 0.05) is 30.3 Å². The maximum absolute atomic E-state index is 13.5. The van der Waals surface area contributed by atoms with E-state index in [-0.39, 0.29) is 12.3 Å². The number of thioether (sulfide) groups is 1. The fourth-order valence-electron chi connectivity index (χ4n) is 5.46. The number of thiocarbonyl (C=S) groups is 1. The predicted octanol–water partition coefficient (Wildman–Crippen LogP) is 9.22. The molecular weight excluding hydrogens is 627 g/mol. The maximum Gasteiger partial charge on any atom is 0.303 e. The number of carbonyl (C=O) groups excluding carboxylic acids is 1. The molecular formula is C38H41N3O4S2. The highest BCUT2D eigenvalue weighted by atomic mass is 32.2. The number of benzene rings is 3. The van der Waals surface area contributed by atoms with Gasteiger partial charge in [0.25, 0.3) is 5.91 Å². The summed E-state index contributed by atoms with van der Waals surface area (Å²) in [5.74, 6) is -0.0388. The fourth-order valence-corrected chi connectivity index (χ4v) is 6.75. The monoisotopic (exact) mass is 667 g/mol. The Kier molecular flexibility index (Phi) is 12.4. The lowest BCUT2D eigenvalue weighted by atomic mass is 10.1. The first-order valence-corrected chi connectivity index (χ1v) is 17.5. The van der Waals surface area contributed by atoms with Crippen LogP contribution < -0.4 is 4.74 Å². The van der Waals surface area contributed by atoms with Crippen LogP contribution in [0.15, 0.2) is 90.0 Å². The van der Waals surface area contributed by atoms with Crippen molar-refractivity contribution in [2.75, 3.05) is 6.54 Å². The molecule has 1 N–H and O–H groups in total. The van der Waals surface area contributed by atoms with E-state index in [4.69, 9.17) is 27.2 Å². The normalized spacial score (nSPS) is 13.9. The van der Waals surface area contributed by atoms with Gasteiger partial charge in [-0.1, -0.05) is 123 Å². The number of hydrogen-bond donors (Lipinski definition) is 1. The van der Waals surface area contributed by atoms with Crippen LogP contribution in [0.2, 0.25) is 0 Å². The average Bonchev–Trinajstić information content (AvgIpc) is 3.62. The number of aliphatic carboxylic acids is 1. The molecule has 2 heterocycles. The number of rotatable bonds is 17. The second-order valence-electron chi connectivity index (χ2n) is 11.8. The van der Waals surface area contributed by atoms with Gasteiger partial charge in [0.15, 0.2) is 0 Å². The number of carbonyl (C=O) groups is 2. The average molecular weight is 668 g/mol.